The summed E-state index contributed by atoms with van der Waals surface area (Å²) in [5.41, 5.74) is -1.23. The monoisotopic (exact) mass is 377 g/mol. The first-order chi connectivity index (χ1) is 12.9. The van der Waals surface area contributed by atoms with Crippen molar-refractivity contribution in [3.63, 3.8) is 0 Å². The van der Waals surface area contributed by atoms with E-state index in [0.29, 0.717) is 12.8 Å². The normalized spacial score (nSPS) is 21.2. The molecule has 3 atom stereocenters. The highest BCUT2D eigenvalue weighted by molar-refractivity contribution is 6.02. The van der Waals surface area contributed by atoms with Crippen molar-refractivity contribution < 1.29 is 24.5 Å². The number of nitrogens with zero attached hydrogens (tertiary/aromatic N) is 1. The Balaban J connectivity index is 2.05. The van der Waals surface area contributed by atoms with Crippen LogP contribution in [-0.4, -0.2) is 52.3 Å². The van der Waals surface area contributed by atoms with Crippen LogP contribution in [0.2, 0.25) is 0 Å². The van der Waals surface area contributed by atoms with Crippen molar-refractivity contribution in [2.24, 2.45) is 11.8 Å². The van der Waals surface area contributed by atoms with Crippen LogP contribution < -0.4 is 0 Å². The van der Waals surface area contributed by atoms with E-state index in [-0.39, 0.29) is 12.5 Å². The fourth-order valence-electron chi connectivity index (χ4n) is 4.03. The Hall–Kier alpha value is -1.92. The zero-order chi connectivity index (χ0) is 19.9. The van der Waals surface area contributed by atoms with E-state index in [1.54, 1.807) is 6.92 Å². The van der Waals surface area contributed by atoms with Gasteiger partial charge in [-0.1, -0.05) is 37.3 Å². The molecule has 1 heterocycles. The number of carbonyl (C=O) groups is 2. The summed E-state index contributed by atoms with van der Waals surface area (Å²) in [5.74, 6) is -3.01. The van der Waals surface area contributed by atoms with Crippen LogP contribution in [0.25, 0.3) is 0 Å². The topological polar surface area (TPSA) is 87.1 Å². The van der Waals surface area contributed by atoms with Gasteiger partial charge in [-0.05, 0) is 50.6 Å². The fraction of sp³-hybridized carbons (Fsp3) is 0.619. The molecule has 0 aliphatic carbocycles. The standard InChI is InChI=1S/C21H31NO5/c1-3-18(21(26,19(23)24)20(25)27-4-2)13-17-11-8-12-22(15-17)14-16-9-6-5-7-10-16/h5-7,9-10,17-18,26H,3-4,8,11-15H2,1-2H3,(H,23,24)/t17?,18?,21-/m0/s1. The van der Waals surface area contributed by atoms with Gasteiger partial charge in [0.2, 0.25) is 0 Å². The van der Waals surface area contributed by atoms with Crippen LogP contribution in [0.3, 0.4) is 0 Å². The summed E-state index contributed by atoms with van der Waals surface area (Å²) in [5, 5.41) is 20.2. The molecule has 1 fully saturated rings. The van der Waals surface area contributed by atoms with Gasteiger partial charge in [0.05, 0.1) is 6.61 Å². The molecule has 0 radical (unpaired) electrons. The van der Waals surface area contributed by atoms with E-state index in [1.165, 1.54) is 5.56 Å². The third-order valence-electron chi connectivity index (χ3n) is 5.47. The van der Waals surface area contributed by atoms with Crippen LogP contribution in [0.4, 0.5) is 0 Å². The smallest absolute Gasteiger partial charge is 0.350 e. The summed E-state index contributed by atoms with van der Waals surface area (Å²) in [4.78, 5) is 26.3. The van der Waals surface area contributed by atoms with Crippen molar-refractivity contribution in [2.45, 2.75) is 51.7 Å². The maximum absolute atomic E-state index is 12.2. The van der Waals surface area contributed by atoms with Crippen LogP contribution >= 0.6 is 0 Å². The lowest BCUT2D eigenvalue weighted by Gasteiger charge is -2.37. The third kappa shape index (κ3) is 5.30. The molecular formula is C21H31NO5. The van der Waals surface area contributed by atoms with Gasteiger partial charge in [0.25, 0.3) is 5.60 Å². The first kappa shape index (κ1) is 21.4. The average molecular weight is 377 g/mol. The predicted octanol–water partition coefficient (Wildman–Crippen LogP) is 2.69. The van der Waals surface area contributed by atoms with Crippen molar-refractivity contribution in [1.82, 2.24) is 4.90 Å². The largest absolute Gasteiger partial charge is 0.479 e. The van der Waals surface area contributed by atoms with E-state index in [0.717, 1.165) is 32.5 Å². The van der Waals surface area contributed by atoms with Gasteiger partial charge in [0.1, 0.15) is 0 Å². The SMILES string of the molecule is CCOC(=O)[C@@](O)(C(=O)O)C(CC)CC1CCCN(Cc2ccccc2)C1. The number of esters is 1. The minimum atomic E-state index is -2.48. The molecule has 2 N–H and O–H groups in total. The molecule has 0 amide bonds. The molecule has 1 aromatic carbocycles. The van der Waals surface area contributed by atoms with Crippen LogP contribution in [0, 0.1) is 11.8 Å². The van der Waals surface area contributed by atoms with Gasteiger partial charge in [-0.3, -0.25) is 4.90 Å². The van der Waals surface area contributed by atoms with Crippen LogP contribution in [0.15, 0.2) is 30.3 Å². The molecule has 150 valence electrons. The molecule has 1 aliphatic heterocycles. The number of benzene rings is 1. The van der Waals surface area contributed by atoms with Crippen molar-refractivity contribution in [2.75, 3.05) is 19.7 Å². The lowest BCUT2D eigenvalue weighted by Crippen LogP contribution is -2.54. The van der Waals surface area contributed by atoms with Gasteiger partial charge in [-0.25, -0.2) is 9.59 Å². The Morgan fingerprint density at radius 3 is 2.59 bits per heavy atom. The first-order valence-corrected chi connectivity index (χ1v) is 9.81. The van der Waals surface area contributed by atoms with Crippen molar-refractivity contribution in [3.8, 4) is 0 Å². The molecule has 1 aromatic rings. The number of ether oxygens (including phenoxy) is 1. The number of rotatable bonds is 9. The number of carbonyl (C=O) groups excluding carboxylic acids is 1. The zero-order valence-electron chi connectivity index (χ0n) is 16.3. The quantitative estimate of drug-likeness (QED) is 0.508. The van der Waals surface area contributed by atoms with Gasteiger partial charge in [-0.15, -0.1) is 0 Å². The highest BCUT2D eigenvalue weighted by Crippen LogP contribution is 2.33. The van der Waals surface area contributed by atoms with E-state index in [2.05, 4.69) is 17.0 Å². The Kier molecular flexibility index (Phi) is 7.80. The maximum Gasteiger partial charge on any atom is 0.350 e. The van der Waals surface area contributed by atoms with Crippen LogP contribution in [0.1, 0.15) is 45.1 Å². The summed E-state index contributed by atoms with van der Waals surface area (Å²) in [7, 11) is 0. The molecule has 0 bridgehead atoms. The second-order valence-corrected chi connectivity index (χ2v) is 7.36. The van der Waals surface area contributed by atoms with Gasteiger partial charge < -0.3 is 14.9 Å². The Bertz CT molecular complexity index is 620. The minimum Gasteiger partial charge on any atom is -0.479 e. The summed E-state index contributed by atoms with van der Waals surface area (Å²) < 4.78 is 4.86. The average Bonchev–Trinajstić information content (AvgIpc) is 2.66. The maximum atomic E-state index is 12.2. The van der Waals surface area contributed by atoms with Crippen molar-refractivity contribution in [1.29, 1.82) is 0 Å². The highest BCUT2D eigenvalue weighted by atomic mass is 16.6. The second-order valence-electron chi connectivity index (χ2n) is 7.36. The minimum absolute atomic E-state index is 0.0408. The van der Waals surface area contributed by atoms with Crippen molar-refractivity contribution >= 4 is 11.9 Å². The number of carboxylic acid groups (broad SMARTS) is 1. The van der Waals surface area contributed by atoms with Gasteiger partial charge in [0.15, 0.2) is 0 Å². The van der Waals surface area contributed by atoms with Gasteiger partial charge >= 0.3 is 11.9 Å². The molecule has 0 spiro atoms. The van der Waals surface area contributed by atoms with Crippen LogP contribution in [0.5, 0.6) is 0 Å². The molecule has 2 unspecified atom stereocenters. The highest BCUT2D eigenvalue weighted by Gasteiger charge is 2.52. The molecule has 6 heteroatoms. The molecule has 1 aliphatic rings. The summed E-state index contributed by atoms with van der Waals surface area (Å²) in [6.07, 6.45) is 2.89. The predicted molar refractivity (Wildman–Crippen MR) is 102 cm³/mol. The Morgan fingerprint density at radius 1 is 1.30 bits per heavy atom. The number of hydrogen-bond acceptors (Lipinski definition) is 5. The van der Waals surface area contributed by atoms with Gasteiger partial charge in [-0.2, -0.15) is 0 Å². The molecule has 0 aromatic heterocycles. The van der Waals surface area contributed by atoms with E-state index >= 15 is 0 Å². The third-order valence-corrected chi connectivity index (χ3v) is 5.47. The summed E-state index contributed by atoms with van der Waals surface area (Å²) in [6.45, 7) is 6.15. The first-order valence-electron chi connectivity index (χ1n) is 9.81. The second kappa shape index (κ2) is 9.85. The number of carboxylic acids is 1. The molecular weight excluding hydrogens is 346 g/mol. The number of hydrogen-bond donors (Lipinski definition) is 2. The lowest BCUT2D eigenvalue weighted by atomic mass is 9.77. The number of aliphatic hydroxyl groups is 1. The number of piperidine rings is 1. The Morgan fingerprint density at radius 2 is 2.00 bits per heavy atom. The Labute approximate surface area is 161 Å². The molecule has 27 heavy (non-hydrogen) atoms. The number of likely N-dealkylation sites (tertiary alicyclic amines) is 1. The lowest BCUT2D eigenvalue weighted by molar-refractivity contribution is -0.188. The zero-order valence-corrected chi connectivity index (χ0v) is 16.3. The van der Waals surface area contributed by atoms with Crippen molar-refractivity contribution in [3.05, 3.63) is 35.9 Å². The van der Waals surface area contributed by atoms with Gasteiger partial charge in [0, 0.05) is 19.0 Å². The van der Waals surface area contributed by atoms with E-state index < -0.39 is 23.5 Å². The van der Waals surface area contributed by atoms with Crippen LogP contribution in [-0.2, 0) is 20.9 Å². The fourth-order valence-corrected chi connectivity index (χ4v) is 4.03. The van der Waals surface area contributed by atoms with E-state index in [1.807, 2.05) is 25.1 Å². The van der Waals surface area contributed by atoms with E-state index in [4.69, 9.17) is 4.74 Å². The summed E-state index contributed by atoms with van der Waals surface area (Å²) >= 11 is 0. The molecule has 6 nitrogen and oxygen atoms in total. The number of aliphatic carboxylic acids is 1. The molecule has 2 rings (SSSR count). The molecule has 0 saturated carbocycles. The molecule has 1 saturated heterocycles. The summed E-state index contributed by atoms with van der Waals surface area (Å²) in [6, 6.07) is 10.2. The van der Waals surface area contributed by atoms with E-state index in [9.17, 15) is 19.8 Å².